The minimum Gasteiger partial charge on any atom is -0.375 e. The lowest BCUT2D eigenvalue weighted by atomic mass is 9.64. The summed E-state index contributed by atoms with van der Waals surface area (Å²) in [6, 6.07) is 6.93. The van der Waals surface area contributed by atoms with E-state index in [9.17, 15) is 4.39 Å². The van der Waals surface area contributed by atoms with E-state index < -0.39 is 0 Å². The van der Waals surface area contributed by atoms with Gasteiger partial charge in [0.1, 0.15) is 16.9 Å². The van der Waals surface area contributed by atoms with E-state index in [1.807, 2.05) is 26.1 Å². The Morgan fingerprint density at radius 1 is 1.38 bits per heavy atom. The first-order valence-electron chi connectivity index (χ1n) is 10.2. The van der Waals surface area contributed by atoms with Crippen LogP contribution < -0.4 is 5.32 Å². The Bertz CT molecular complexity index is 816. The third-order valence-electron chi connectivity index (χ3n) is 5.67. The summed E-state index contributed by atoms with van der Waals surface area (Å²) in [7, 11) is 3.73. The van der Waals surface area contributed by atoms with Gasteiger partial charge in [-0.2, -0.15) is 0 Å². The lowest BCUT2D eigenvalue weighted by molar-refractivity contribution is 0.119. The van der Waals surface area contributed by atoms with Gasteiger partial charge < -0.3 is 15.0 Å². The van der Waals surface area contributed by atoms with Crippen molar-refractivity contribution in [1.82, 2.24) is 15.2 Å². The summed E-state index contributed by atoms with van der Waals surface area (Å²) in [6.07, 6.45) is 3.39. The van der Waals surface area contributed by atoms with Crippen molar-refractivity contribution in [2.45, 2.75) is 51.2 Å². The number of thiazole rings is 1. The molecule has 7 heteroatoms. The Hall–Kier alpha value is -1.99. The molecule has 0 aliphatic heterocycles. The van der Waals surface area contributed by atoms with Crippen LogP contribution in [0.15, 0.2) is 34.6 Å². The van der Waals surface area contributed by atoms with Gasteiger partial charge in [-0.25, -0.2) is 9.37 Å². The van der Waals surface area contributed by atoms with E-state index >= 15 is 0 Å². The molecule has 0 saturated heterocycles. The summed E-state index contributed by atoms with van der Waals surface area (Å²) in [5.41, 5.74) is 2.22. The van der Waals surface area contributed by atoms with E-state index in [1.165, 1.54) is 12.0 Å². The molecule has 1 atom stereocenters. The van der Waals surface area contributed by atoms with Crippen molar-refractivity contribution in [3.8, 4) is 0 Å². The van der Waals surface area contributed by atoms with Gasteiger partial charge in [-0.05, 0) is 44.4 Å². The Labute approximate surface area is 177 Å². The van der Waals surface area contributed by atoms with E-state index in [0.29, 0.717) is 13.1 Å². The molecule has 5 nitrogen and oxygen atoms in total. The van der Waals surface area contributed by atoms with Crippen LogP contribution in [0.4, 0.5) is 4.39 Å². The summed E-state index contributed by atoms with van der Waals surface area (Å²) < 4.78 is 18.7. The number of hydrogen-bond donors (Lipinski definition) is 1. The molecule has 0 spiro atoms. The van der Waals surface area contributed by atoms with E-state index in [-0.39, 0.29) is 17.3 Å². The average molecular weight is 419 g/mol. The van der Waals surface area contributed by atoms with Crippen molar-refractivity contribution in [3.63, 3.8) is 0 Å². The summed E-state index contributed by atoms with van der Waals surface area (Å²) in [4.78, 5) is 11.7. The van der Waals surface area contributed by atoms with Gasteiger partial charge in [-0.1, -0.05) is 18.6 Å². The minimum atomic E-state index is -0.190. The maximum Gasteiger partial charge on any atom is 0.194 e. The number of benzene rings is 1. The highest BCUT2D eigenvalue weighted by molar-refractivity contribution is 7.09. The number of ether oxygens (including phenoxy) is 1. The number of aliphatic imine (C=N–C) groups is 1. The minimum absolute atomic E-state index is 0.00939. The Kier molecular flexibility index (Phi) is 7.24. The summed E-state index contributed by atoms with van der Waals surface area (Å²) >= 11 is 1.62. The molecule has 1 unspecified atom stereocenters. The van der Waals surface area contributed by atoms with Gasteiger partial charge in [0.05, 0.1) is 18.8 Å². The van der Waals surface area contributed by atoms with Crippen LogP contribution in [0.3, 0.4) is 0 Å². The highest BCUT2D eigenvalue weighted by Gasteiger charge is 2.38. The fourth-order valence-electron chi connectivity index (χ4n) is 3.64. The summed E-state index contributed by atoms with van der Waals surface area (Å²) in [5, 5.41) is 6.46. The third kappa shape index (κ3) is 5.14. The van der Waals surface area contributed by atoms with Gasteiger partial charge in [-0.3, -0.25) is 4.99 Å². The van der Waals surface area contributed by atoms with Crippen LogP contribution in [0.5, 0.6) is 0 Å². The largest absolute Gasteiger partial charge is 0.375 e. The van der Waals surface area contributed by atoms with E-state index in [1.54, 1.807) is 30.6 Å². The normalized spacial score (nSPS) is 16.9. The average Bonchev–Trinajstić information content (AvgIpc) is 3.15. The standard InChI is InChI=1S/C22H31FN4OS/c1-5-24-21(27(3)13-19-14-29-20(26-19)16(2)28-4)25-15-22(11-6-12-22)17-7-9-18(23)10-8-17/h7-10,14,16H,5-6,11-13,15H2,1-4H3,(H,24,25). The number of guanidine groups is 1. The maximum absolute atomic E-state index is 13.3. The predicted molar refractivity (Wildman–Crippen MR) is 117 cm³/mol. The van der Waals surface area contributed by atoms with Crippen molar-refractivity contribution in [1.29, 1.82) is 0 Å². The second-order valence-electron chi connectivity index (χ2n) is 7.72. The highest BCUT2D eigenvalue weighted by Crippen LogP contribution is 2.44. The molecule has 1 fully saturated rings. The molecule has 0 radical (unpaired) electrons. The second kappa shape index (κ2) is 9.67. The molecular formula is C22H31FN4OS. The lowest BCUT2D eigenvalue weighted by Gasteiger charge is -2.41. The molecule has 1 N–H and O–H groups in total. The fourth-order valence-corrected chi connectivity index (χ4v) is 4.48. The molecule has 29 heavy (non-hydrogen) atoms. The number of nitrogens with zero attached hydrogens (tertiary/aromatic N) is 3. The number of halogens is 1. The van der Waals surface area contributed by atoms with E-state index in [2.05, 4.69) is 27.5 Å². The first kappa shape index (κ1) is 21.7. The molecule has 1 aliphatic carbocycles. The molecule has 1 aliphatic rings. The van der Waals surface area contributed by atoms with Crippen LogP contribution in [0.2, 0.25) is 0 Å². The van der Waals surface area contributed by atoms with Gasteiger partial charge in [0.2, 0.25) is 0 Å². The van der Waals surface area contributed by atoms with Gasteiger partial charge in [-0.15, -0.1) is 11.3 Å². The smallest absolute Gasteiger partial charge is 0.194 e. The van der Waals surface area contributed by atoms with Crippen LogP contribution in [0.25, 0.3) is 0 Å². The molecule has 0 amide bonds. The van der Waals surface area contributed by atoms with E-state index in [0.717, 1.165) is 36.0 Å². The van der Waals surface area contributed by atoms with Crippen LogP contribution in [0.1, 0.15) is 55.5 Å². The number of rotatable bonds is 8. The topological polar surface area (TPSA) is 49.8 Å². The Morgan fingerprint density at radius 3 is 2.69 bits per heavy atom. The van der Waals surface area contributed by atoms with Crippen molar-refractivity contribution >= 4 is 17.3 Å². The number of nitrogens with one attached hydrogen (secondary N) is 1. The molecule has 1 saturated carbocycles. The molecule has 1 aromatic carbocycles. The SMILES string of the molecule is CCNC(=NCC1(c2ccc(F)cc2)CCC1)N(C)Cc1csc(C(C)OC)n1. The molecule has 158 valence electrons. The number of aromatic nitrogens is 1. The second-order valence-corrected chi connectivity index (χ2v) is 8.61. The molecule has 1 aromatic heterocycles. The molecule has 0 bridgehead atoms. The maximum atomic E-state index is 13.3. The Balaban J connectivity index is 1.71. The van der Waals surface area contributed by atoms with Crippen molar-refractivity contribution in [3.05, 3.63) is 51.7 Å². The van der Waals surface area contributed by atoms with Crippen molar-refractivity contribution < 1.29 is 9.13 Å². The van der Waals surface area contributed by atoms with Crippen LogP contribution in [0, 0.1) is 5.82 Å². The van der Waals surface area contributed by atoms with Gasteiger partial charge >= 0.3 is 0 Å². The lowest BCUT2D eigenvalue weighted by Crippen LogP contribution is -2.42. The zero-order valence-electron chi connectivity index (χ0n) is 17.7. The number of hydrogen-bond acceptors (Lipinski definition) is 4. The van der Waals surface area contributed by atoms with Crippen LogP contribution in [-0.4, -0.2) is 43.1 Å². The first-order chi connectivity index (χ1) is 14.0. The first-order valence-corrected chi connectivity index (χ1v) is 11.1. The van der Waals surface area contributed by atoms with E-state index in [4.69, 9.17) is 9.73 Å². The summed E-state index contributed by atoms with van der Waals surface area (Å²) in [6.45, 7) is 6.27. The molecule has 2 aromatic rings. The van der Waals surface area contributed by atoms with Crippen LogP contribution >= 0.6 is 11.3 Å². The van der Waals surface area contributed by atoms with Gasteiger partial charge in [0.25, 0.3) is 0 Å². The fraction of sp³-hybridized carbons (Fsp3) is 0.545. The molecular weight excluding hydrogens is 387 g/mol. The van der Waals surface area contributed by atoms with Gasteiger partial charge in [0, 0.05) is 31.5 Å². The zero-order valence-corrected chi connectivity index (χ0v) is 18.6. The summed E-state index contributed by atoms with van der Waals surface area (Å²) in [5.74, 6) is 0.681. The van der Waals surface area contributed by atoms with Gasteiger partial charge in [0.15, 0.2) is 5.96 Å². The zero-order chi connectivity index (χ0) is 20.9. The monoisotopic (exact) mass is 418 g/mol. The van der Waals surface area contributed by atoms with Crippen molar-refractivity contribution in [2.75, 3.05) is 27.2 Å². The predicted octanol–water partition coefficient (Wildman–Crippen LogP) is 4.51. The molecule has 1 heterocycles. The third-order valence-corrected chi connectivity index (χ3v) is 6.72. The quantitative estimate of drug-likeness (QED) is 0.506. The Morgan fingerprint density at radius 2 is 2.10 bits per heavy atom. The number of methoxy groups -OCH3 is 1. The highest BCUT2D eigenvalue weighted by atomic mass is 32.1. The molecule has 3 rings (SSSR count). The van der Waals surface area contributed by atoms with Crippen LogP contribution in [-0.2, 0) is 16.7 Å². The van der Waals surface area contributed by atoms with Crippen molar-refractivity contribution in [2.24, 2.45) is 4.99 Å².